The number of rotatable bonds is 9. The van der Waals surface area contributed by atoms with Crippen molar-refractivity contribution in [3.05, 3.63) is 106 Å². The van der Waals surface area contributed by atoms with Crippen LogP contribution in [0.25, 0.3) is 16.9 Å². The van der Waals surface area contributed by atoms with Gasteiger partial charge in [0.25, 0.3) is 5.91 Å². The second-order valence-corrected chi connectivity index (χ2v) is 12.1. The summed E-state index contributed by atoms with van der Waals surface area (Å²) in [7, 11) is -3.79. The maximum atomic E-state index is 14.2. The fourth-order valence-electron chi connectivity index (χ4n) is 5.05. The third-order valence-corrected chi connectivity index (χ3v) is 8.80. The smallest absolute Gasteiger partial charge is 0.333 e. The summed E-state index contributed by atoms with van der Waals surface area (Å²) in [6, 6.07) is 23.0. The van der Waals surface area contributed by atoms with Gasteiger partial charge in [0.15, 0.2) is 0 Å². The lowest BCUT2D eigenvalue weighted by Gasteiger charge is -2.28. The van der Waals surface area contributed by atoms with E-state index in [1.165, 1.54) is 16.7 Å². The molecule has 0 unspecified atom stereocenters. The normalized spacial score (nSPS) is 13.9. The van der Waals surface area contributed by atoms with Gasteiger partial charge < -0.3 is 10.2 Å². The molecule has 1 amide bonds. The Morgan fingerprint density at radius 3 is 2.39 bits per heavy atom. The number of nitrogens with one attached hydrogen (secondary N) is 2. The van der Waals surface area contributed by atoms with Crippen molar-refractivity contribution in [3.8, 4) is 16.9 Å². The molecule has 4 aromatic rings. The minimum atomic E-state index is -3.79. The number of imidazole rings is 1. The van der Waals surface area contributed by atoms with Crippen LogP contribution in [-0.2, 0) is 16.6 Å². The Kier molecular flexibility index (Phi) is 8.74. The van der Waals surface area contributed by atoms with Gasteiger partial charge in [0.05, 0.1) is 16.3 Å². The molecule has 3 aromatic carbocycles. The molecule has 2 N–H and O–H groups in total. The van der Waals surface area contributed by atoms with Crippen LogP contribution in [0.15, 0.2) is 88.6 Å². The Morgan fingerprint density at radius 1 is 0.976 bits per heavy atom. The number of hydrogen-bond donors (Lipinski definition) is 2. The minimum absolute atomic E-state index is 0.0637. The molecule has 1 fully saturated rings. The second-order valence-electron chi connectivity index (χ2n) is 9.87. The van der Waals surface area contributed by atoms with Gasteiger partial charge in [-0.25, -0.2) is 17.9 Å². The first-order valence-electron chi connectivity index (χ1n) is 13.5. The molecule has 0 radical (unpaired) electrons. The van der Waals surface area contributed by atoms with E-state index in [0.29, 0.717) is 48.3 Å². The Bertz CT molecular complexity index is 1710. The van der Waals surface area contributed by atoms with Crippen molar-refractivity contribution >= 4 is 27.5 Å². The number of para-hydroxylation sites is 1. The Morgan fingerprint density at radius 2 is 1.68 bits per heavy atom. The molecule has 214 valence electrons. The molecule has 0 bridgehead atoms. The molecule has 5 rings (SSSR count). The Balaban J connectivity index is 1.56. The number of piperazine rings is 1. The summed E-state index contributed by atoms with van der Waals surface area (Å²) in [5.74, 6) is -0.228. The molecule has 1 saturated heterocycles. The van der Waals surface area contributed by atoms with Gasteiger partial charge in [-0.1, -0.05) is 66.2 Å². The van der Waals surface area contributed by atoms with Crippen LogP contribution in [0.3, 0.4) is 0 Å². The van der Waals surface area contributed by atoms with Crippen LogP contribution in [0.2, 0.25) is 5.02 Å². The number of sulfonamides is 1. The van der Waals surface area contributed by atoms with E-state index in [-0.39, 0.29) is 36.0 Å². The van der Waals surface area contributed by atoms with Crippen LogP contribution in [0.5, 0.6) is 0 Å². The zero-order valence-electron chi connectivity index (χ0n) is 22.7. The number of aryl methyl sites for hydroxylation is 1. The molecule has 9 nitrogen and oxygen atoms in total. The second kappa shape index (κ2) is 12.4. The first-order valence-corrected chi connectivity index (χ1v) is 15.4. The van der Waals surface area contributed by atoms with Crippen molar-refractivity contribution < 1.29 is 13.2 Å². The summed E-state index contributed by atoms with van der Waals surface area (Å²) in [5, 5.41) is 3.58. The first-order chi connectivity index (χ1) is 19.8. The highest BCUT2D eigenvalue weighted by molar-refractivity contribution is 7.89. The number of benzene rings is 3. The van der Waals surface area contributed by atoms with E-state index in [1.807, 2.05) is 61.5 Å². The predicted molar refractivity (Wildman–Crippen MR) is 160 cm³/mol. The van der Waals surface area contributed by atoms with Gasteiger partial charge in [0.2, 0.25) is 10.0 Å². The summed E-state index contributed by atoms with van der Waals surface area (Å²) in [5.41, 5.74) is 2.78. The van der Waals surface area contributed by atoms with E-state index < -0.39 is 10.0 Å². The zero-order chi connectivity index (χ0) is 29.0. The number of halogens is 1. The van der Waals surface area contributed by atoms with Crippen molar-refractivity contribution in [2.24, 2.45) is 0 Å². The number of carbonyl (C=O) groups is 1. The van der Waals surface area contributed by atoms with Gasteiger partial charge in [-0.15, -0.1) is 0 Å². The molecule has 1 aliphatic heterocycles. The van der Waals surface area contributed by atoms with Crippen molar-refractivity contribution in [2.45, 2.75) is 24.8 Å². The highest BCUT2D eigenvalue weighted by Gasteiger charge is 2.31. The minimum Gasteiger partial charge on any atom is -0.335 e. The van der Waals surface area contributed by atoms with E-state index in [4.69, 9.17) is 11.6 Å². The number of hydrogen-bond acceptors (Lipinski definition) is 5. The fraction of sp³-hybridized carbons (Fsp3) is 0.267. The topological polar surface area (TPSA) is 105 Å². The monoisotopic (exact) mass is 593 g/mol. The summed E-state index contributed by atoms with van der Waals surface area (Å²) < 4.78 is 31.3. The molecule has 41 heavy (non-hydrogen) atoms. The maximum absolute atomic E-state index is 14.2. The summed E-state index contributed by atoms with van der Waals surface area (Å²) in [6.45, 7) is 4.52. The molecule has 2 heterocycles. The molecule has 11 heteroatoms. The standard InChI is InChI=1S/C30H32ClN5O4S/c1-22-9-5-6-14-26(22)36-27(23-10-3-2-4-11-23)28(29(37)34-19-16-32-17-20-34)35(30(36)38)18-8-15-33-41(39,40)25-13-7-12-24(31)21-25/h2-7,9-14,21,32-33H,8,15-20H2,1H3. The van der Waals surface area contributed by atoms with Gasteiger partial charge in [0.1, 0.15) is 5.69 Å². The summed E-state index contributed by atoms with van der Waals surface area (Å²) in [4.78, 5) is 30.1. The quantitative estimate of drug-likeness (QED) is 0.288. The van der Waals surface area contributed by atoms with E-state index in [0.717, 1.165) is 11.1 Å². The van der Waals surface area contributed by atoms with Crippen LogP contribution < -0.4 is 15.7 Å². The predicted octanol–water partition coefficient (Wildman–Crippen LogP) is 3.68. The molecule has 1 aromatic heterocycles. The Labute approximate surface area is 244 Å². The van der Waals surface area contributed by atoms with E-state index in [1.54, 1.807) is 21.6 Å². The van der Waals surface area contributed by atoms with Crippen LogP contribution in [0, 0.1) is 6.92 Å². The lowest BCUT2D eigenvalue weighted by atomic mass is 10.1. The fourth-order valence-corrected chi connectivity index (χ4v) is 6.42. The van der Waals surface area contributed by atoms with Gasteiger partial charge in [-0.05, 0) is 43.2 Å². The average molecular weight is 594 g/mol. The number of aromatic nitrogens is 2. The van der Waals surface area contributed by atoms with Crippen molar-refractivity contribution in [3.63, 3.8) is 0 Å². The molecule has 0 saturated carbocycles. The van der Waals surface area contributed by atoms with E-state index >= 15 is 0 Å². The van der Waals surface area contributed by atoms with E-state index in [2.05, 4.69) is 10.0 Å². The van der Waals surface area contributed by atoms with Crippen LogP contribution >= 0.6 is 11.6 Å². The molecule has 0 aliphatic carbocycles. The number of amides is 1. The maximum Gasteiger partial charge on any atom is 0.333 e. The largest absolute Gasteiger partial charge is 0.335 e. The molecule has 1 aliphatic rings. The van der Waals surface area contributed by atoms with Crippen molar-refractivity contribution in [2.75, 3.05) is 32.7 Å². The molecular weight excluding hydrogens is 562 g/mol. The zero-order valence-corrected chi connectivity index (χ0v) is 24.3. The Hall–Kier alpha value is -3.70. The van der Waals surface area contributed by atoms with Gasteiger partial charge in [0, 0.05) is 49.9 Å². The number of nitrogens with zero attached hydrogens (tertiary/aromatic N) is 3. The van der Waals surface area contributed by atoms with Crippen molar-refractivity contribution in [1.29, 1.82) is 0 Å². The lowest BCUT2D eigenvalue weighted by Crippen LogP contribution is -2.47. The molecule has 0 spiro atoms. The third kappa shape index (κ3) is 6.15. The lowest BCUT2D eigenvalue weighted by molar-refractivity contribution is 0.0725. The average Bonchev–Trinajstić information content (AvgIpc) is 3.27. The van der Waals surface area contributed by atoms with Crippen molar-refractivity contribution in [1.82, 2.24) is 24.1 Å². The summed E-state index contributed by atoms with van der Waals surface area (Å²) >= 11 is 5.98. The molecular formula is C30H32ClN5O4S. The SMILES string of the molecule is Cc1ccccc1-n1c(-c2ccccc2)c(C(=O)N2CCNCC2)n(CCCNS(=O)(=O)c2cccc(Cl)c2)c1=O. The van der Waals surface area contributed by atoms with Gasteiger partial charge in [-0.3, -0.25) is 13.9 Å². The summed E-state index contributed by atoms with van der Waals surface area (Å²) in [6.07, 6.45) is 0.285. The first kappa shape index (κ1) is 28.8. The van der Waals surface area contributed by atoms with Crippen LogP contribution in [-0.4, -0.2) is 61.1 Å². The molecule has 0 atom stereocenters. The van der Waals surface area contributed by atoms with E-state index in [9.17, 15) is 18.0 Å². The van der Waals surface area contributed by atoms with Gasteiger partial charge >= 0.3 is 5.69 Å². The highest BCUT2D eigenvalue weighted by atomic mass is 35.5. The third-order valence-electron chi connectivity index (χ3n) is 7.11. The van der Waals surface area contributed by atoms with Crippen LogP contribution in [0.1, 0.15) is 22.5 Å². The van der Waals surface area contributed by atoms with Gasteiger partial charge in [-0.2, -0.15) is 0 Å². The highest BCUT2D eigenvalue weighted by Crippen LogP contribution is 2.29. The number of carbonyl (C=O) groups excluding carboxylic acids is 1. The van der Waals surface area contributed by atoms with Crippen LogP contribution in [0.4, 0.5) is 0 Å².